The average Bonchev–Trinajstić information content (AvgIpc) is 2.57. The molecule has 2 aromatic rings. The predicted molar refractivity (Wildman–Crippen MR) is 87.5 cm³/mol. The van der Waals surface area contributed by atoms with Crippen LogP contribution in [0, 0.1) is 10.1 Å². The van der Waals surface area contributed by atoms with Gasteiger partial charge in [0.05, 0.1) is 10.5 Å². The smallest absolute Gasteiger partial charge is 0.292 e. The molecule has 118 valence electrons. The van der Waals surface area contributed by atoms with E-state index in [1.165, 1.54) is 6.07 Å². The SMILES string of the molecule is CNc1ccc([C@@H]2Nc3ccccc3C(=O)N2C)cc1[N+](=O)[O-]. The third kappa shape index (κ3) is 2.46. The van der Waals surface area contributed by atoms with Crippen molar-refractivity contribution in [2.75, 3.05) is 24.7 Å². The maximum Gasteiger partial charge on any atom is 0.292 e. The number of nitro benzene ring substituents is 1. The van der Waals surface area contributed by atoms with Crippen molar-refractivity contribution in [3.05, 3.63) is 63.7 Å². The molecular formula is C16H16N4O3. The van der Waals surface area contributed by atoms with Gasteiger partial charge in [-0.1, -0.05) is 18.2 Å². The van der Waals surface area contributed by atoms with Gasteiger partial charge in [-0.15, -0.1) is 0 Å². The Balaban J connectivity index is 2.04. The Morgan fingerprint density at radius 1 is 1.26 bits per heavy atom. The Hall–Kier alpha value is -3.09. The summed E-state index contributed by atoms with van der Waals surface area (Å²) in [5, 5.41) is 17.3. The monoisotopic (exact) mass is 312 g/mol. The van der Waals surface area contributed by atoms with Crippen LogP contribution < -0.4 is 10.6 Å². The van der Waals surface area contributed by atoms with E-state index in [9.17, 15) is 14.9 Å². The number of fused-ring (bicyclic) bond motifs is 1. The largest absolute Gasteiger partial charge is 0.383 e. The van der Waals surface area contributed by atoms with Gasteiger partial charge in [-0.2, -0.15) is 0 Å². The molecule has 7 heteroatoms. The minimum absolute atomic E-state index is 0.0218. The zero-order valence-corrected chi connectivity index (χ0v) is 12.7. The Morgan fingerprint density at radius 3 is 2.70 bits per heavy atom. The van der Waals surface area contributed by atoms with E-state index in [4.69, 9.17) is 0 Å². The maximum atomic E-state index is 12.5. The summed E-state index contributed by atoms with van der Waals surface area (Å²) in [6.45, 7) is 0. The number of hydrogen-bond acceptors (Lipinski definition) is 5. The molecule has 23 heavy (non-hydrogen) atoms. The quantitative estimate of drug-likeness (QED) is 0.672. The molecular weight excluding hydrogens is 296 g/mol. The van der Waals surface area contributed by atoms with Gasteiger partial charge >= 0.3 is 0 Å². The standard InChI is InChI=1S/C16H16N4O3/c1-17-13-8-7-10(9-14(13)20(22)23)15-18-12-6-4-3-5-11(12)16(21)19(15)2/h3-9,15,17-18H,1-2H3/t15-/m1/s1. The molecule has 2 aromatic carbocycles. The fourth-order valence-electron chi connectivity index (χ4n) is 2.73. The van der Waals surface area contributed by atoms with Gasteiger partial charge in [-0.05, 0) is 18.2 Å². The highest BCUT2D eigenvalue weighted by atomic mass is 16.6. The van der Waals surface area contributed by atoms with Crippen LogP contribution in [0.25, 0.3) is 0 Å². The van der Waals surface area contributed by atoms with Crippen LogP contribution in [0.4, 0.5) is 17.1 Å². The molecule has 0 saturated heterocycles. The summed E-state index contributed by atoms with van der Waals surface area (Å²) in [6, 6.07) is 12.1. The van der Waals surface area contributed by atoms with Crippen LogP contribution >= 0.6 is 0 Å². The number of nitrogens with one attached hydrogen (secondary N) is 2. The lowest BCUT2D eigenvalue weighted by Gasteiger charge is -2.35. The molecule has 1 aliphatic heterocycles. The Morgan fingerprint density at radius 2 is 2.00 bits per heavy atom. The topological polar surface area (TPSA) is 87.5 Å². The fourth-order valence-corrected chi connectivity index (χ4v) is 2.73. The third-order valence-electron chi connectivity index (χ3n) is 3.96. The summed E-state index contributed by atoms with van der Waals surface area (Å²) >= 11 is 0. The number of anilines is 2. The van der Waals surface area contributed by atoms with Gasteiger partial charge < -0.3 is 15.5 Å². The van der Waals surface area contributed by atoms with Gasteiger partial charge in [-0.25, -0.2) is 0 Å². The number of para-hydroxylation sites is 1. The molecule has 3 rings (SSSR count). The summed E-state index contributed by atoms with van der Waals surface area (Å²) < 4.78 is 0. The second kappa shape index (κ2) is 5.60. The average molecular weight is 312 g/mol. The van der Waals surface area contributed by atoms with Gasteiger partial charge in [0.2, 0.25) is 0 Å². The Kier molecular flexibility index (Phi) is 3.61. The molecule has 0 aromatic heterocycles. The van der Waals surface area contributed by atoms with Crippen molar-refractivity contribution >= 4 is 23.0 Å². The highest BCUT2D eigenvalue weighted by Crippen LogP contribution is 2.34. The van der Waals surface area contributed by atoms with Crippen molar-refractivity contribution in [3.8, 4) is 0 Å². The maximum absolute atomic E-state index is 12.5. The van der Waals surface area contributed by atoms with Gasteiger partial charge in [0.15, 0.2) is 0 Å². The fraction of sp³-hybridized carbons (Fsp3) is 0.188. The van der Waals surface area contributed by atoms with E-state index in [1.54, 1.807) is 43.3 Å². The van der Waals surface area contributed by atoms with Crippen molar-refractivity contribution < 1.29 is 9.72 Å². The molecule has 2 N–H and O–H groups in total. The highest BCUT2D eigenvalue weighted by molar-refractivity contribution is 6.01. The molecule has 0 spiro atoms. The number of nitro groups is 1. The van der Waals surface area contributed by atoms with Crippen LogP contribution in [0.3, 0.4) is 0 Å². The van der Waals surface area contributed by atoms with Crippen molar-refractivity contribution in [2.24, 2.45) is 0 Å². The molecule has 0 unspecified atom stereocenters. The third-order valence-corrected chi connectivity index (χ3v) is 3.96. The molecule has 0 bridgehead atoms. The molecule has 1 atom stereocenters. The van der Waals surface area contributed by atoms with Crippen LogP contribution in [0.1, 0.15) is 22.1 Å². The number of carbonyl (C=O) groups is 1. The van der Waals surface area contributed by atoms with Crippen LogP contribution in [-0.2, 0) is 0 Å². The number of amides is 1. The molecule has 0 fully saturated rings. The summed E-state index contributed by atoms with van der Waals surface area (Å²) in [6.07, 6.45) is -0.456. The van der Waals surface area contributed by atoms with Gasteiger partial charge in [0.25, 0.3) is 11.6 Å². The summed E-state index contributed by atoms with van der Waals surface area (Å²) in [7, 11) is 3.31. The first-order chi connectivity index (χ1) is 11.0. The second-order valence-corrected chi connectivity index (χ2v) is 5.29. The van der Waals surface area contributed by atoms with Gasteiger partial charge in [0.1, 0.15) is 11.9 Å². The lowest BCUT2D eigenvalue weighted by molar-refractivity contribution is -0.384. The number of carbonyl (C=O) groups excluding carboxylic acids is 1. The normalized spacial score (nSPS) is 16.5. The van der Waals surface area contributed by atoms with Crippen molar-refractivity contribution in [1.82, 2.24) is 4.90 Å². The molecule has 1 amide bonds. The van der Waals surface area contributed by atoms with Crippen molar-refractivity contribution in [2.45, 2.75) is 6.17 Å². The number of benzene rings is 2. The Bertz CT molecular complexity index is 791. The first-order valence-corrected chi connectivity index (χ1v) is 7.11. The van der Waals surface area contributed by atoms with Crippen molar-refractivity contribution in [3.63, 3.8) is 0 Å². The van der Waals surface area contributed by atoms with Crippen LogP contribution in [0.15, 0.2) is 42.5 Å². The number of rotatable bonds is 3. The zero-order chi connectivity index (χ0) is 16.6. The molecule has 0 saturated carbocycles. The van der Waals surface area contributed by atoms with Crippen LogP contribution in [0.2, 0.25) is 0 Å². The van der Waals surface area contributed by atoms with E-state index < -0.39 is 11.1 Å². The van der Waals surface area contributed by atoms with E-state index in [1.807, 2.05) is 12.1 Å². The Labute approximate surface area is 133 Å². The second-order valence-electron chi connectivity index (χ2n) is 5.29. The predicted octanol–water partition coefficient (Wildman–Crippen LogP) is 2.83. The minimum atomic E-state index is -0.456. The number of hydrogen-bond donors (Lipinski definition) is 2. The lowest BCUT2D eigenvalue weighted by atomic mass is 10.0. The van der Waals surface area contributed by atoms with Gasteiger partial charge in [-0.3, -0.25) is 14.9 Å². The van der Waals surface area contributed by atoms with E-state index >= 15 is 0 Å². The summed E-state index contributed by atoms with van der Waals surface area (Å²) in [5.74, 6) is -0.121. The molecule has 1 aliphatic rings. The highest BCUT2D eigenvalue weighted by Gasteiger charge is 2.31. The summed E-state index contributed by atoms with van der Waals surface area (Å²) in [5.41, 5.74) is 2.38. The van der Waals surface area contributed by atoms with Gasteiger partial charge in [0, 0.05) is 31.4 Å². The van der Waals surface area contributed by atoms with E-state index in [0.717, 1.165) is 5.69 Å². The number of nitrogens with zero attached hydrogens (tertiary/aromatic N) is 2. The molecule has 0 radical (unpaired) electrons. The van der Waals surface area contributed by atoms with E-state index in [0.29, 0.717) is 16.8 Å². The van der Waals surface area contributed by atoms with Crippen LogP contribution in [0.5, 0.6) is 0 Å². The summed E-state index contributed by atoms with van der Waals surface area (Å²) in [4.78, 5) is 24.8. The van der Waals surface area contributed by atoms with Crippen LogP contribution in [-0.4, -0.2) is 29.8 Å². The van der Waals surface area contributed by atoms with Crippen molar-refractivity contribution in [1.29, 1.82) is 0 Å². The molecule has 1 heterocycles. The molecule has 0 aliphatic carbocycles. The minimum Gasteiger partial charge on any atom is -0.383 e. The molecule has 7 nitrogen and oxygen atoms in total. The lowest BCUT2D eigenvalue weighted by Crippen LogP contribution is -2.40. The zero-order valence-electron chi connectivity index (χ0n) is 12.7. The first kappa shape index (κ1) is 14.8. The van der Waals surface area contributed by atoms with E-state index in [2.05, 4.69) is 10.6 Å². The van der Waals surface area contributed by atoms with E-state index in [-0.39, 0.29) is 11.6 Å². The first-order valence-electron chi connectivity index (χ1n) is 7.11.